The average molecular weight is 346 g/mol. The highest BCUT2D eigenvalue weighted by Crippen LogP contribution is 2.27. The van der Waals surface area contributed by atoms with E-state index in [0.29, 0.717) is 34.1 Å². The first kappa shape index (κ1) is 16.4. The minimum Gasteiger partial charge on any atom is -0.491 e. The van der Waals surface area contributed by atoms with E-state index in [9.17, 15) is 0 Å². The number of aromatic hydroxyl groups is 1. The number of benzene rings is 1. The number of nitrogens with two attached hydrogens (primary N) is 1. The Morgan fingerprint density at radius 2 is 2.09 bits per heavy atom. The molecule has 3 aromatic rings. The third kappa shape index (κ3) is 3.62. The highest BCUT2D eigenvalue weighted by Gasteiger charge is 2.14. The number of halogens is 2. The summed E-state index contributed by atoms with van der Waals surface area (Å²) in [6.07, 6.45) is 0.379. The van der Waals surface area contributed by atoms with E-state index in [1.54, 1.807) is 18.2 Å². The normalized spacial score (nSPS) is 12.1. The van der Waals surface area contributed by atoms with Crippen LogP contribution in [0.2, 0.25) is 5.02 Å². The molecule has 1 unspecified atom stereocenters. The van der Waals surface area contributed by atoms with Crippen LogP contribution >= 0.6 is 24.0 Å². The summed E-state index contributed by atoms with van der Waals surface area (Å²) in [6, 6.07) is 6.20. The van der Waals surface area contributed by atoms with Gasteiger partial charge in [0, 0.05) is 23.6 Å². The second kappa shape index (κ2) is 6.87. The fourth-order valence-electron chi connectivity index (χ4n) is 1.89. The van der Waals surface area contributed by atoms with Gasteiger partial charge in [-0.3, -0.25) is 0 Å². The maximum absolute atomic E-state index is 9.08. The topological polar surface area (TPSA) is 108 Å². The van der Waals surface area contributed by atoms with Crippen molar-refractivity contribution >= 4 is 35.0 Å². The molecule has 0 amide bonds. The van der Waals surface area contributed by atoms with Crippen molar-refractivity contribution in [2.75, 3.05) is 6.61 Å². The Bertz CT molecular complexity index is 759. The van der Waals surface area contributed by atoms with Crippen molar-refractivity contribution in [3.63, 3.8) is 0 Å². The Hall–Kier alpha value is -1.96. The van der Waals surface area contributed by atoms with Crippen molar-refractivity contribution in [3.8, 4) is 11.8 Å². The zero-order valence-corrected chi connectivity index (χ0v) is 12.8. The third-order valence-corrected chi connectivity index (χ3v) is 3.08. The molecule has 0 saturated carbocycles. The first-order valence-electron chi connectivity index (χ1n) is 6.19. The van der Waals surface area contributed by atoms with Crippen molar-refractivity contribution < 1.29 is 18.9 Å². The fraction of sp³-hybridized carbons (Fsp3) is 0.231. The molecule has 3 N–H and O–H groups in total. The molecular weight excluding hydrogens is 333 g/mol. The van der Waals surface area contributed by atoms with E-state index in [4.69, 9.17) is 36.2 Å². The van der Waals surface area contributed by atoms with Gasteiger partial charge in [-0.05, 0) is 28.5 Å². The Morgan fingerprint density at radius 3 is 2.82 bits per heavy atom. The predicted octanol–water partition coefficient (Wildman–Crippen LogP) is 2.55. The molecular formula is C13H13Cl2N3O4. The number of hydrogen-bond donors (Lipinski definition) is 2. The lowest BCUT2D eigenvalue weighted by Gasteiger charge is -2.09. The molecule has 22 heavy (non-hydrogen) atoms. The van der Waals surface area contributed by atoms with Crippen LogP contribution in [0.25, 0.3) is 11.0 Å². The lowest BCUT2D eigenvalue weighted by atomic mass is 10.2. The SMILES string of the molecule is Cl.NC(COc1noc2ccc(Cl)cc12)Cc1cc(O)no1. The van der Waals surface area contributed by atoms with Gasteiger partial charge in [0.05, 0.1) is 5.39 Å². The molecule has 0 fully saturated rings. The molecule has 0 aliphatic heterocycles. The Morgan fingerprint density at radius 1 is 1.27 bits per heavy atom. The second-order valence-corrected chi connectivity index (χ2v) is 4.99. The van der Waals surface area contributed by atoms with E-state index in [2.05, 4.69) is 10.3 Å². The lowest BCUT2D eigenvalue weighted by Crippen LogP contribution is -2.30. The molecule has 1 atom stereocenters. The van der Waals surface area contributed by atoms with E-state index in [1.807, 2.05) is 0 Å². The van der Waals surface area contributed by atoms with Gasteiger partial charge in [-0.2, -0.15) is 0 Å². The van der Waals surface area contributed by atoms with Gasteiger partial charge in [-0.1, -0.05) is 11.6 Å². The number of fused-ring (bicyclic) bond motifs is 1. The molecule has 0 bridgehead atoms. The second-order valence-electron chi connectivity index (χ2n) is 4.55. The molecule has 2 aromatic heterocycles. The minimum atomic E-state index is -0.344. The van der Waals surface area contributed by atoms with Gasteiger partial charge < -0.3 is 24.6 Å². The van der Waals surface area contributed by atoms with Crippen molar-refractivity contribution in [3.05, 3.63) is 35.0 Å². The largest absolute Gasteiger partial charge is 0.491 e. The fourth-order valence-corrected chi connectivity index (χ4v) is 2.07. The summed E-state index contributed by atoms with van der Waals surface area (Å²) in [4.78, 5) is 0. The molecule has 0 radical (unpaired) electrons. The van der Waals surface area contributed by atoms with Crippen molar-refractivity contribution in [2.45, 2.75) is 12.5 Å². The van der Waals surface area contributed by atoms with Crippen LogP contribution in [0.5, 0.6) is 11.8 Å². The molecule has 0 aliphatic rings. The Balaban J connectivity index is 0.00000176. The maximum Gasteiger partial charge on any atom is 0.262 e. The molecule has 9 heteroatoms. The van der Waals surface area contributed by atoms with Crippen LogP contribution in [-0.2, 0) is 6.42 Å². The van der Waals surface area contributed by atoms with E-state index >= 15 is 0 Å². The first-order valence-corrected chi connectivity index (χ1v) is 6.57. The average Bonchev–Trinajstić information content (AvgIpc) is 3.03. The van der Waals surface area contributed by atoms with E-state index in [-0.39, 0.29) is 30.9 Å². The monoisotopic (exact) mass is 345 g/mol. The van der Waals surface area contributed by atoms with E-state index in [1.165, 1.54) is 6.07 Å². The Kier molecular flexibility index (Phi) is 5.12. The van der Waals surface area contributed by atoms with Gasteiger partial charge >= 0.3 is 0 Å². The summed E-state index contributed by atoms with van der Waals surface area (Å²) >= 11 is 5.93. The van der Waals surface area contributed by atoms with Crippen LogP contribution in [0.3, 0.4) is 0 Å². The zero-order valence-electron chi connectivity index (χ0n) is 11.2. The quantitative estimate of drug-likeness (QED) is 0.731. The maximum atomic E-state index is 9.08. The number of nitrogens with zero attached hydrogens (tertiary/aromatic N) is 2. The first-order chi connectivity index (χ1) is 10.1. The van der Waals surface area contributed by atoms with Crippen molar-refractivity contribution in [1.29, 1.82) is 0 Å². The molecule has 2 heterocycles. The third-order valence-electron chi connectivity index (χ3n) is 2.84. The molecule has 1 aromatic carbocycles. The van der Waals surface area contributed by atoms with Crippen LogP contribution in [0.15, 0.2) is 33.3 Å². The summed E-state index contributed by atoms with van der Waals surface area (Å²) < 4.78 is 15.5. The Labute approximate surface area is 136 Å². The highest BCUT2D eigenvalue weighted by atomic mass is 35.5. The molecule has 3 rings (SSSR count). The molecule has 7 nitrogen and oxygen atoms in total. The molecule has 0 aliphatic carbocycles. The van der Waals surface area contributed by atoms with Crippen molar-refractivity contribution in [2.24, 2.45) is 5.73 Å². The minimum absolute atomic E-state index is 0. The van der Waals surface area contributed by atoms with Gasteiger partial charge in [0.2, 0.25) is 0 Å². The molecule has 0 spiro atoms. The summed E-state index contributed by atoms with van der Waals surface area (Å²) in [7, 11) is 0. The highest BCUT2D eigenvalue weighted by molar-refractivity contribution is 6.31. The summed E-state index contributed by atoms with van der Waals surface area (Å²) in [6.45, 7) is 0.204. The zero-order chi connectivity index (χ0) is 14.8. The summed E-state index contributed by atoms with van der Waals surface area (Å²) in [5, 5.41) is 17.5. The standard InChI is InChI=1S/C13H12ClN3O4.ClH/c14-7-1-2-11-10(3-7)13(17-21-11)19-6-8(15)4-9-5-12(18)16-20-9;/h1-3,5,8H,4,6,15H2,(H,16,18);1H. The van der Waals surface area contributed by atoms with Crippen LogP contribution < -0.4 is 10.5 Å². The lowest BCUT2D eigenvalue weighted by molar-refractivity contribution is 0.254. The summed E-state index contributed by atoms with van der Waals surface area (Å²) in [5.41, 5.74) is 6.51. The van der Waals surface area contributed by atoms with Crippen LogP contribution in [0.4, 0.5) is 0 Å². The van der Waals surface area contributed by atoms with Crippen molar-refractivity contribution in [1.82, 2.24) is 10.3 Å². The number of rotatable bonds is 5. The smallest absolute Gasteiger partial charge is 0.262 e. The van der Waals surface area contributed by atoms with E-state index < -0.39 is 0 Å². The number of ether oxygens (including phenoxy) is 1. The van der Waals surface area contributed by atoms with Crippen LogP contribution in [0.1, 0.15) is 5.76 Å². The van der Waals surface area contributed by atoms with Gasteiger partial charge in [0.25, 0.3) is 11.8 Å². The summed E-state index contributed by atoms with van der Waals surface area (Å²) in [5.74, 6) is 0.648. The molecule has 0 saturated heterocycles. The van der Waals surface area contributed by atoms with Crippen LogP contribution in [-0.4, -0.2) is 28.1 Å². The molecule has 118 valence electrons. The predicted molar refractivity (Wildman–Crippen MR) is 81.6 cm³/mol. The number of aromatic nitrogens is 2. The van der Waals surface area contributed by atoms with Gasteiger partial charge in [-0.25, -0.2) is 0 Å². The van der Waals surface area contributed by atoms with Gasteiger partial charge in [0.15, 0.2) is 5.58 Å². The van der Waals surface area contributed by atoms with Crippen LogP contribution in [0, 0.1) is 0 Å². The van der Waals surface area contributed by atoms with Gasteiger partial charge in [-0.15, -0.1) is 12.4 Å². The van der Waals surface area contributed by atoms with E-state index in [0.717, 1.165) is 0 Å². The number of hydrogen-bond acceptors (Lipinski definition) is 7. The van der Waals surface area contributed by atoms with Gasteiger partial charge in [0.1, 0.15) is 12.4 Å².